The van der Waals surface area contributed by atoms with Gasteiger partial charge in [-0.25, -0.2) is 0 Å². The number of carbonyl (C=O) groups is 1. The first kappa shape index (κ1) is 18.9. The molecule has 2 heterocycles. The van der Waals surface area contributed by atoms with Crippen molar-refractivity contribution in [2.45, 2.75) is 20.8 Å². The van der Waals surface area contributed by atoms with Crippen molar-refractivity contribution in [2.75, 3.05) is 25.6 Å². The second-order valence-electron chi connectivity index (χ2n) is 7.01. The summed E-state index contributed by atoms with van der Waals surface area (Å²) in [5.74, 6) is 2.61. The Kier molecular flexibility index (Phi) is 4.92. The highest BCUT2D eigenvalue weighted by molar-refractivity contribution is 6.04. The minimum absolute atomic E-state index is 0.235. The van der Waals surface area contributed by atoms with E-state index in [0.717, 1.165) is 33.4 Å². The predicted octanol–water partition coefficient (Wildman–Crippen LogP) is 4.87. The summed E-state index contributed by atoms with van der Waals surface area (Å²) in [7, 11) is 1.61. The lowest BCUT2D eigenvalue weighted by molar-refractivity contribution is -0.111. The standard InChI is InChI=1S/C23H23NO5/c1-13(17-11-18-14(2)15(3)29-21(18)12-20(17)26-4)9-23(25)24-16-5-6-19-22(10-16)28-8-7-27-19/h5-6,9-12H,7-8H2,1-4H3,(H,24,25)/b13-9+. The summed E-state index contributed by atoms with van der Waals surface area (Å²) in [6.45, 7) is 6.87. The van der Waals surface area contributed by atoms with Crippen LogP contribution >= 0.6 is 0 Å². The molecule has 6 heteroatoms. The van der Waals surface area contributed by atoms with Gasteiger partial charge in [-0.3, -0.25) is 4.79 Å². The molecule has 0 saturated heterocycles. The number of methoxy groups -OCH3 is 1. The number of rotatable bonds is 4. The molecular weight excluding hydrogens is 370 g/mol. The molecule has 2 aromatic carbocycles. The van der Waals surface area contributed by atoms with Crippen molar-refractivity contribution in [2.24, 2.45) is 0 Å². The Hall–Kier alpha value is -3.41. The number of hydrogen-bond acceptors (Lipinski definition) is 5. The molecule has 0 bridgehead atoms. The van der Waals surface area contributed by atoms with Crippen LogP contribution in [0.1, 0.15) is 23.8 Å². The van der Waals surface area contributed by atoms with Crippen molar-refractivity contribution >= 4 is 28.1 Å². The van der Waals surface area contributed by atoms with Gasteiger partial charge in [0.25, 0.3) is 0 Å². The number of carbonyl (C=O) groups excluding carboxylic acids is 1. The molecule has 1 aliphatic rings. The largest absolute Gasteiger partial charge is 0.496 e. The fourth-order valence-electron chi connectivity index (χ4n) is 3.42. The third kappa shape index (κ3) is 3.66. The number of aryl methyl sites for hydroxylation is 2. The average molecular weight is 393 g/mol. The highest BCUT2D eigenvalue weighted by Gasteiger charge is 2.15. The van der Waals surface area contributed by atoms with Crippen LogP contribution in [-0.2, 0) is 4.79 Å². The molecule has 1 amide bonds. The molecule has 0 unspecified atom stereocenters. The van der Waals surface area contributed by atoms with E-state index in [1.165, 1.54) is 0 Å². The van der Waals surface area contributed by atoms with Crippen LogP contribution in [0, 0.1) is 13.8 Å². The lowest BCUT2D eigenvalue weighted by Crippen LogP contribution is -2.16. The van der Waals surface area contributed by atoms with Crippen LogP contribution in [0.5, 0.6) is 17.2 Å². The van der Waals surface area contributed by atoms with Gasteiger partial charge in [-0.2, -0.15) is 0 Å². The zero-order valence-electron chi connectivity index (χ0n) is 16.9. The van der Waals surface area contributed by atoms with Crippen molar-refractivity contribution < 1.29 is 23.4 Å². The molecule has 29 heavy (non-hydrogen) atoms. The summed E-state index contributed by atoms with van der Waals surface area (Å²) >= 11 is 0. The Morgan fingerprint density at radius 3 is 2.62 bits per heavy atom. The molecule has 0 saturated carbocycles. The first-order valence-electron chi connectivity index (χ1n) is 9.43. The Labute approximate surface area is 169 Å². The monoisotopic (exact) mass is 393 g/mol. The molecule has 0 aliphatic carbocycles. The zero-order chi connectivity index (χ0) is 20.5. The van der Waals surface area contributed by atoms with Crippen LogP contribution in [0.3, 0.4) is 0 Å². The molecule has 6 nitrogen and oxygen atoms in total. The molecule has 0 radical (unpaired) electrons. The summed E-state index contributed by atoms with van der Waals surface area (Å²) in [5, 5.41) is 3.88. The molecule has 1 N–H and O–H groups in total. The maximum absolute atomic E-state index is 12.6. The summed E-state index contributed by atoms with van der Waals surface area (Å²) in [6, 6.07) is 9.21. The summed E-state index contributed by atoms with van der Waals surface area (Å²) in [4.78, 5) is 12.6. The number of amides is 1. The fraction of sp³-hybridized carbons (Fsp3) is 0.261. The number of nitrogens with one attached hydrogen (secondary N) is 1. The van der Waals surface area contributed by atoms with Gasteiger partial charge in [0.2, 0.25) is 5.91 Å². The van der Waals surface area contributed by atoms with Crippen LogP contribution in [0.15, 0.2) is 40.8 Å². The minimum atomic E-state index is -0.235. The third-order valence-electron chi connectivity index (χ3n) is 5.08. The first-order chi connectivity index (χ1) is 14.0. The van der Waals surface area contributed by atoms with Crippen molar-refractivity contribution in [3.63, 3.8) is 0 Å². The lowest BCUT2D eigenvalue weighted by atomic mass is 10.0. The van der Waals surface area contributed by atoms with E-state index in [0.29, 0.717) is 36.1 Å². The van der Waals surface area contributed by atoms with Crippen molar-refractivity contribution in [3.8, 4) is 17.2 Å². The van der Waals surface area contributed by atoms with Gasteiger partial charge in [0.15, 0.2) is 11.5 Å². The van der Waals surface area contributed by atoms with Gasteiger partial charge < -0.3 is 23.9 Å². The maximum atomic E-state index is 12.6. The van der Waals surface area contributed by atoms with E-state index < -0.39 is 0 Å². The van der Waals surface area contributed by atoms with Gasteiger partial charge in [0.05, 0.1) is 7.11 Å². The zero-order valence-corrected chi connectivity index (χ0v) is 16.9. The van der Waals surface area contributed by atoms with E-state index in [1.807, 2.05) is 32.9 Å². The second-order valence-corrected chi connectivity index (χ2v) is 7.01. The van der Waals surface area contributed by atoms with Gasteiger partial charge in [0, 0.05) is 34.8 Å². The van der Waals surface area contributed by atoms with E-state index in [-0.39, 0.29) is 5.91 Å². The highest BCUT2D eigenvalue weighted by atomic mass is 16.6. The van der Waals surface area contributed by atoms with E-state index in [4.69, 9.17) is 18.6 Å². The Morgan fingerprint density at radius 2 is 1.86 bits per heavy atom. The van der Waals surface area contributed by atoms with Crippen molar-refractivity contribution in [1.82, 2.24) is 0 Å². The number of ether oxygens (including phenoxy) is 3. The molecule has 1 aromatic heterocycles. The third-order valence-corrected chi connectivity index (χ3v) is 5.08. The molecule has 4 rings (SSSR count). The molecule has 3 aromatic rings. The number of hydrogen-bond donors (Lipinski definition) is 1. The predicted molar refractivity (Wildman–Crippen MR) is 112 cm³/mol. The van der Waals surface area contributed by atoms with Crippen LogP contribution in [0.25, 0.3) is 16.5 Å². The van der Waals surface area contributed by atoms with Gasteiger partial charge in [-0.1, -0.05) is 0 Å². The van der Waals surface area contributed by atoms with E-state index >= 15 is 0 Å². The number of anilines is 1. The van der Waals surface area contributed by atoms with Crippen molar-refractivity contribution in [3.05, 3.63) is 53.3 Å². The molecule has 150 valence electrons. The maximum Gasteiger partial charge on any atom is 0.248 e. The lowest BCUT2D eigenvalue weighted by Gasteiger charge is -2.18. The van der Waals surface area contributed by atoms with Gasteiger partial charge >= 0.3 is 0 Å². The summed E-state index contributed by atoms with van der Waals surface area (Å²) < 4.78 is 22.4. The van der Waals surface area contributed by atoms with E-state index in [1.54, 1.807) is 31.4 Å². The van der Waals surface area contributed by atoms with Gasteiger partial charge in [0.1, 0.15) is 30.3 Å². The van der Waals surface area contributed by atoms with Gasteiger partial charge in [-0.15, -0.1) is 0 Å². The average Bonchev–Trinajstić information content (AvgIpc) is 2.99. The van der Waals surface area contributed by atoms with Crippen molar-refractivity contribution in [1.29, 1.82) is 0 Å². The number of fused-ring (bicyclic) bond motifs is 2. The normalized spacial score (nSPS) is 13.4. The van der Waals surface area contributed by atoms with E-state index in [2.05, 4.69) is 5.32 Å². The van der Waals surface area contributed by atoms with Crippen LogP contribution < -0.4 is 19.5 Å². The fourth-order valence-corrected chi connectivity index (χ4v) is 3.42. The SMILES string of the molecule is COc1cc2oc(C)c(C)c2cc1/C(C)=C/C(=O)Nc1ccc2c(c1)OCCO2. The number of benzene rings is 2. The summed E-state index contributed by atoms with van der Waals surface area (Å²) in [6.07, 6.45) is 1.56. The molecule has 0 spiro atoms. The minimum Gasteiger partial charge on any atom is -0.496 e. The second kappa shape index (κ2) is 7.54. The van der Waals surface area contributed by atoms with Gasteiger partial charge in [-0.05, 0) is 50.1 Å². The highest BCUT2D eigenvalue weighted by Crippen LogP contribution is 2.35. The summed E-state index contributed by atoms with van der Waals surface area (Å²) in [5.41, 5.74) is 4.14. The Balaban J connectivity index is 1.60. The molecular formula is C23H23NO5. The molecule has 1 aliphatic heterocycles. The van der Waals surface area contributed by atoms with Crippen LogP contribution in [0.2, 0.25) is 0 Å². The number of furan rings is 1. The van der Waals surface area contributed by atoms with Crippen LogP contribution in [-0.4, -0.2) is 26.2 Å². The molecule has 0 fully saturated rings. The number of allylic oxidation sites excluding steroid dienone is 1. The Bertz CT molecular complexity index is 1130. The molecule has 0 atom stereocenters. The van der Waals surface area contributed by atoms with Crippen LogP contribution in [0.4, 0.5) is 5.69 Å². The topological polar surface area (TPSA) is 69.9 Å². The first-order valence-corrected chi connectivity index (χ1v) is 9.43. The quantitative estimate of drug-likeness (QED) is 0.640. The van der Waals surface area contributed by atoms with E-state index in [9.17, 15) is 4.79 Å². The Morgan fingerprint density at radius 1 is 1.10 bits per heavy atom. The smallest absolute Gasteiger partial charge is 0.248 e.